The van der Waals surface area contributed by atoms with Crippen molar-refractivity contribution in [3.63, 3.8) is 0 Å². The highest BCUT2D eigenvalue weighted by molar-refractivity contribution is 5.79. The summed E-state index contributed by atoms with van der Waals surface area (Å²) in [6, 6.07) is 6.72. The lowest BCUT2D eigenvalue weighted by Crippen LogP contribution is -2.50. The monoisotopic (exact) mass is 329 g/mol. The first-order valence-electron chi connectivity index (χ1n) is 9.44. The number of aryl methyl sites for hydroxylation is 2. The minimum Gasteiger partial charge on any atom is -0.348 e. The number of carbonyl (C=O) groups is 1. The number of ether oxygens (including phenoxy) is 2. The van der Waals surface area contributed by atoms with Crippen LogP contribution in [0.3, 0.4) is 0 Å². The van der Waals surface area contributed by atoms with Crippen molar-refractivity contribution in [3.8, 4) is 0 Å². The average Bonchev–Trinajstić information content (AvgIpc) is 3.16. The van der Waals surface area contributed by atoms with E-state index in [4.69, 9.17) is 9.47 Å². The van der Waals surface area contributed by atoms with Crippen molar-refractivity contribution in [2.75, 3.05) is 19.8 Å². The van der Waals surface area contributed by atoms with Gasteiger partial charge >= 0.3 is 0 Å². The molecule has 2 heterocycles. The van der Waals surface area contributed by atoms with Gasteiger partial charge in [-0.3, -0.25) is 4.79 Å². The first kappa shape index (κ1) is 16.1. The summed E-state index contributed by atoms with van der Waals surface area (Å²) >= 11 is 0. The predicted octanol–water partition coefficient (Wildman–Crippen LogP) is 2.86. The SMILES string of the molecule is O=C(Cc1ccc2c(c1)CCCC2)N1CCCCC1C1OCCO1. The molecular formula is C20H27NO3. The Kier molecular flexibility index (Phi) is 4.86. The molecule has 0 saturated carbocycles. The third-order valence-electron chi connectivity index (χ3n) is 5.60. The van der Waals surface area contributed by atoms with Crippen molar-refractivity contribution in [2.45, 2.75) is 63.7 Å². The number of rotatable bonds is 3. The lowest BCUT2D eigenvalue weighted by molar-refractivity contribution is -0.149. The predicted molar refractivity (Wildman–Crippen MR) is 91.8 cm³/mol. The van der Waals surface area contributed by atoms with Gasteiger partial charge in [0, 0.05) is 6.54 Å². The van der Waals surface area contributed by atoms with Gasteiger partial charge in [0.1, 0.15) is 0 Å². The Balaban J connectivity index is 1.46. The Bertz CT molecular complexity index is 595. The molecule has 0 radical (unpaired) electrons. The summed E-state index contributed by atoms with van der Waals surface area (Å²) in [5, 5.41) is 0. The van der Waals surface area contributed by atoms with Gasteiger partial charge in [-0.2, -0.15) is 0 Å². The van der Waals surface area contributed by atoms with Crippen molar-refractivity contribution < 1.29 is 14.3 Å². The van der Waals surface area contributed by atoms with Gasteiger partial charge in [0.2, 0.25) is 5.91 Å². The van der Waals surface area contributed by atoms with E-state index < -0.39 is 0 Å². The minimum atomic E-state index is -0.224. The standard InChI is InChI=1S/C20H27NO3/c22-19(14-15-8-9-16-5-1-2-6-17(16)13-15)21-10-4-3-7-18(21)20-23-11-12-24-20/h8-9,13,18,20H,1-7,10-12,14H2. The molecule has 130 valence electrons. The molecule has 0 N–H and O–H groups in total. The molecule has 1 aliphatic carbocycles. The van der Waals surface area contributed by atoms with Crippen LogP contribution in [0.1, 0.15) is 48.8 Å². The van der Waals surface area contributed by atoms with E-state index in [1.165, 1.54) is 30.4 Å². The number of carbonyl (C=O) groups excluding carboxylic acids is 1. The number of likely N-dealkylation sites (tertiary alicyclic amines) is 1. The molecule has 4 rings (SSSR count). The zero-order chi connectivity index (χ0) is 16.4. The van der Waals surface area contributed by atoms with E-state index in [1.807, 2.05) is 4.90 Å². The summed E-state index contributed by atoms with van der Waals surface area (Å²) in [5.41, 5.74) is 4.07. The second-order valence-corrected chi connectivity index (χ2v) is 7.25. The normalized spacial score (nSPS) is 24.8. The minimum absolute atomic E-state index is 0.0892. The zero-order valence-corrected chi connectivity index (χ0v) is 14.3. The third-order valence-corrected chi connectivity index (χ3v) is 5.60. The Morgan fingerprint density at radius 3 is 2.67 bits per heavy atom. The summed E-state index contributed by atoms with van der Waals surface area (Å²) in [6.07, 6.45) is 8.41. The fourth-order valence-corrected chi connectivity index (χ4v) is 4.32. The maximum atomic E-state index is 12.9. The summed E-state index contributed by atoms with van der Waals surface area (Å²) in [6.45, 7) is 2.12. The molecule has 3 aliphatic rings. The summed E-state index contributed by atoms with van der Waals surface area (Å²) in [7, 11) is 0. The van der Waals surface area contributed by atoms with Crippen molar-refractivity contribution in [1.82, 2.24) is 4.90 Å². The Labute approximate surface area is 144 Å². The average molecular weight is 329 g/mol. The zero-order valence-electron chi connectivity index (χ0n) is 14.3. The number of hydrogen-bond donors (Lipinski definition) is 0. The van der Waals surface area contributed by atoms with Gasteiger partial charge in [-0.15, -0.1) is 0 Å². The Morgan fingerprint density at radius 1 is 1.04 bits per heavy atom. The molecule has 1 atom stereocenters. The number of benzene rings is 1. The summed E-state index contributed by atoms with van der Waals surface area (Å²) in [4.78, 5) is 14.9. The van der Waals surface area contributed by atoms with Gasteiger partial charge in [0.15, 0.2) is 6.29 Å². The number of amides is 1. The van der Waals surface area contributed by atoms with Gasteiger partial charge < -0.3 is 14.4 Å². The Morgan fingerprint density at radius 2 is 1.83 bits per heavy atom. The first-order valence-corrected chi connectivity index (χ1v) is 9.44. The van der Waals surface area contributed by atoms with Crippen LogP contribution in [-0.4, -0.2) is 42.9 Å². The summed E-state index contributed by atoms with van der Waals surface area (Å²) in [5.74, 6) is 0.217. The number of nitrogens with zero attached hydrogens (tertiary/aromatic N) is 1. The third kappa shape index (κ3) is 3.35. The lowest BCUT2D eigenvalue weighted by Gasteiger charge is -2.38. The number of piperidine rings is 1. The van der Waals surface area contributed by atoms with Gasteiger partial charge in [-0.1, -0.05) is 18.2 Å². The maximum absolute atomic E-state index is 12.9. The van der Waals surface area contributed by atoms with Crippen molar-refractivity contribution >= 4 is 5.91 Å². The molecule has 1 unspecified atom stereocenters. The molecule has 0 aromatic heterocycles. The molecule has 4 heteroatoms. The van der Waals surface area contributed by atoms with Gasteiger partial charge in [0.05, 0.1) is 25.7 Å². The van der Waals surface area contributed by atoms with Gasteiger partial charge in [-0.25, -0.2) is 0 Å². The molecule has 1 aromatic rings. The molecule has 24 heavy (non-hydrogen) atoms. The van der Waals surface area contributed by atoms with Crippen molar-refractivity contribution in [3.05, 3.63) is 34.9 Å². The van der Waals surface area contributed by atoms with Crippen molar-refractivity contribution in [2.24, 2.45) is 0 Å². The van der Waals surface area contributed by atoms with Gasteiger partial charge in [0.25, 0.3) is 0 Å². The fourth-order valence-electron chi connectivity index (χ4n) is 4.32. The first-order chi connectivity index (χ1) is 11.8. The van der Waals surface area contributed by atoms with Crippen molar-refractivity contribution in [1.29, 1.82) is 0 Å². The molecule has 1 aromatic carbocycles. The van der Waals surface area contributed by atoms with Crippen LogP contribution < -0.4 is 0 Å². The molecule has 2 fully saturated rings. The van der Waals surface area contributed by atoms with E-state index >= 15 is 0 Å². The fraction of sp³-hybridized carbons (Fsp3) is 0.650. The largest absolute Gasteiger partial charge is 0.348 e. The highest BCUT2D eigenvalue weighted by atomic mass is 16.7. The number of fused-ring (bicyclic) bond motifs is 1. The van der Waals surface area contributed by atoms with E-state index in [0.29, 0.717) is 19.6 Å². The molecular weight excluding hydrogens is 302 g/mol. The van der Waals surface area contributed by atoms with Crippen LogP contribution >= 0.6 is 0 Å². The topological polar surface area (TPSA) is 38.8 Å². The molecule has 0 spiro atoms. The maximum Gasteiger partial charge on any atom is 0.227 e. The summed E-state index contributed by atoms with van der Waals surface area (Å²) < 4.78 is 11.4. The second kappa shape index (κ2) is 7.24. The highest BCUT2D eigenvalue weighted by Gasteiger charge is 2.36. The van der Waals surface area contributed by atoms with Crippen LogP contribution in [0.25, 0.3) is 0 Å². The highest BCUT2D eigenvalue weighted by Crippen LogP contribution is 2.26. The lowest BCUT2D eigenvalue weighted by atomic mass is 9.90. The smallest absolute Gasteiger partial charge is 0.227 e. The van der Waals surface area contributed by atoms with E-state index in [-0.39, 0.29) is 18.2 Å². The van der Waals surface area contributed by atoms with E-state index in [9.17, 15) is 4.79 Å². The van der Waals surface area contributed by atoms with Crippen LogP contribution in [-0.2, 0) is 33.5 Å². The molecule has 2 saturated heterocycles. The van der Waals surface area contributed by atoms with Gasteiger partial charge in [-0.05, 0) is 61.6 Å². The van der Waals surface area contributed by atoms with E-state index in [2.05, 4.69) is 18.2 Å². The molecule has 0 bridgehead atoms. The van der Waals surface area contributed by atoms with Crippen LogP contribution in [0.15, 0.2) is 18.2 Å². The second-order valence-electron chi connectivity index (χ2n) is 7.25. The molecule has 4 nitrogen and oxygen atoms in total. The Hall–Kier alpha value is -1.39. The molecule has 2 aliphatic heterocycles. The van der Waals surface area contributed by atoms with E-state index in [0.717, 1.165) is 37.8 Å². The number of hydrogen-bond acceptors (Lipinski definition) is 3. The van der Waals surface area contributed by atoms with Crippen LogP contribution in [0.2, 0.25) is 0 Å². The quantitative estimate of drug-likeness (QED) is 0.856. The molecule has 1 amide bonds. The van der Waals surface area contributed by atoms with Crippen LogP contribution in [0.5, 0.6) is 0 Å². The van der Waals surface area contributed by atoms with E-state index in [1.54, 1.807) is 0 Å². The van der Waals surface area contributed by atoms with Crippen LogP contribution in [0, 0.1) is 0 Å². The van der Waals surface area contributed by atoms with Crippen LogP contribution in [0.4, 0.5) is 0 Å².